The van der Waals surface area contributed by atoms with Crippen molar-refractivity contribution in [1.82, 2.24) is 24.8 Å². The van der Waals surface area contributed by atoms with Crippen molar-refractivity contribution in [3.63, 3.8) is 0 Å². The molecule has 0 bridgehead atoms. The van der Waals surface area contributed by atoms with Gasteiger partial charge in [-0.05, 0) is 74.0 Å². The van der Waals surface area contributed by atoms with Gasteiger partial charge in [0.05, 0.1) is 11.7 Å². The molecule has 1 aromatic carbocycles. The minimum atomic E-state index is -0.211. The molecule has 9 heteroatoms. The van der Waals surface area contributed by atoms with Gasteiger partial charge in [0.15, 0.2) is 0 Å². The summed E-state index contributed by atoms with van der Waals surface area (Å²) in [5, 5.41) is 17.4. The zero-order chi connectivity index (χ0) is 26.4. The molecule has 0 atom stereocenters. The fourth-order valence-corrected chi connectivity index (χ4v) is 5.64. The van der Waals surface area contributed by atoms with Crippen LogP contribution in [0.3, 0.4) is 0 Å². The predicted molar refractivity (Wildman–Crippen MR) is 150 cm³/mol. The summed E-state index contributed by atoms with van der Waals surface area (Å²) in [6.45, 7) is 2.93. The van der Waals surface area contributed by atoms with E-state index in [4.69, 9.17) is 4.98 Å². The van der Waals surface area contributed by atoms with Gasteiger partial charge in [-0.2, -0.15) is 0 Å². The van der Waals surface area contributed by atoms with Crippen molar-refractivity contribution < 1.29 is 9.90 Å². The number of carbonyl (C=O) groups is 1. The van der Waals surface area contributed by atoms with Crippen LogP contribution in [0, 0.1) is 0 Å². The van der Waals surface area contributed by atoms with Crippen molar-refractivity contribution in [3.8, 4) is 11.1 Å². The summed E-state index contributed by atoms with van der Waals surface area (Å²) in [5.41, 5.74) is 7.66. The maximum Gasteiger partial charge on any atom is 0.255 e. The normalized spacial score (nSPS) is 15.8. The molecular weight excluding hydrogens is 478 g/mol. The number of nitrogens with zero attached hydrogens (tertiary/aromatic N) is 5. The Morgan fingerprint density at radius 1 is 1.13 bits per heavy atom. The number of aryl methyl sites for hydroxylation is 1. The lowest BCUT2D eigenvalue weighted by Gasteiger charge is -2.33. The van der Waals surface area contributed by atoms with Gasteiger partial charge in [0.25, 0.3) is 5.91 Å². The lowest BCUT2D eigenvalue weighted by Crippen LogP contribution is -2.36. The lowest BCUT2D eigenvalue weighted by atomic mass is 9.97. The summed E-state index contributed by atoms with van der Waals surface area (Å²) in [7, 11) is 6.10. The van der Waals surface area contributed by atoms with Gasteiger partial charge in [-0.1, -0.05) is 0 Å². The Balaban J connectivity index is 1.36. The first-order chi connectivity index (χ1) is 18.4. The summed E-state index contributed by atoms with van der Waals surface area (Å²) in [5.74, 6) is 0.439. The molecule has 2 aliphatic heterocycles. The first kappa shape index (κ1) is 24.4. The largest absolute Gasteiger partial charge is 0.393 e. The van der Waals surface area contributed by atoms with Gasteiger partial charge in [-0.3, -0.25) is 4.79 Å². The number of aliphatic hydroxyl groups excluding tert-OH is 1. The van der Waals surface area contributed by atoms with Crippen molar-refractivity contribution in [3.05, 3.63) is 65.6 Å². The number of rotatable bonds is 6. The van der Waals surface area contributed by atoms with Crippen LogP contribution in [0.1, 0.15) is 34.3 Å². The molecule has 1 amide bonds. The molecule has 0 spiro atoms. The number of fused-ring (bicyclic) bond motifs is 2. The highest BCUT2D eigenvalue weighted by molar-refractivity contribution is 6.06. The topological polar surface area (TPSA) is 98.5 Å². The van der Waals surface area contributed by atoms with Crippen molar-refractivity contribution in [1.29, 1.82) is 0 Å². The van der Waals surface area contributed by atoms with Gasteiger partial charge < -0.3 is 30.1 Å². The molecular formula is C29H33N7O2. The third-order valence-corrected chi connectivity index (χ3v) is 7.53. The van der Waals surface area contributed by atoms with E-state index < -0.39 is 0 Å². The quantitative estimate of drug-likeness (QED) is 0.364. The van der Waals surface area contributed by atoms with Gasteiger partial charge in [0, 0.05) is 74.1 Å². The second-order valence-electron chi connectivity index (χ2n) is 10.5. The summed E-state index contributed by atoms with van der Waals surface area (Å²) >= 11 is 0. The van der Waals surface area contributed by atoms with Gasteiger partial charge in [0.2, 0.25) is 0 Å². The Morgan fingerprint density at radius 2 is 1.95 bits per heavy atom. The van der Waals surface area contributed by atoms with Crippen molar-refractivity contribution in [2.75, 3.05) is 37.4 Å². The van der Waals surface area contributed by atoms with E-state index >= 15 is 0 Å². The average Bonchev–Trinajstić information content (AvgIpc) is 3.48. The fraction of sp³-hybridized carbons (Fsp3) is 0.345. The van der Waals surface area contributed by atoms with Crippen LogP contribution >= 0.6 is 0 Å². The minimum absolute atomic E-state index is 0.118. The first-order valence-corrected chi connectivity index (χ1v) is 13.1. The second-order valence-corrected chi connectivity index (χ2v) is 10.5. The molecule has 0 saturated carbocycles. The predicted octanol–water partition coefficient (Wildman–Crippen LogP) is 3.65. The Hall–Kier alpha value is -3.95. The highest BCUT2D eigenvalue weighted by atomic mass is 16.3. The van der Waals surface area contributed by atoms with E-state index in [9.17, 15) is 9.90 Å². The molecule has 1 fully saturated rings. The molecule has 3 N–H and O–H groups in total. The number of hydrogen-bond acceptors (Lipinski definition) is 7. The molecule has 196 valence electrons. The smallest absolute Gasteiger partial charge is 0.255 e. The molecule has 0 aliphatic carbocycles. The highest BCUT2D eigenvalue weighted by Crippen LogP contribution is 2.37. The monoisotopic (exact) mass is 511 g/mol. The molecule has 38 heavy (non-hydrogen) atoms. The number of carbonyl (C=O) groups excluding carboxylic acids is 1. The maximum atomic E-state index is 13.0. The number of amides is 1. The standard InChI is InChI=1S/C29H33N7O2/c1-34(2)17-18-14-19(4-5-25(18)36-12-7-20(37)8-13-36)33-27-26-24(16-32-29(26)38)23(15-31-27)21-6-10-30-28-22(21)9-11-35(28)3/h4-6,9-11,14-15,20,37H,7-8,12-13,16-17H2,1-3H3,(H,31,33)(H,32,38). The van der Waals surface area contributed by atoms with Crippen molar-refractivity contribution >= 4 is 34.1 Å². The van der Waals surface area contributed by atoms with Crippen molar-refractivity contribution in [2.45, 2.75) is 32.0 Å². The van der Waals surface area contributed by atoms with E-state index in [-0.39, 0.29) is 12.0 Å². The molecule has 1 saturated heterocycles. The van der Waals surface area contributed by atoms with Crippen LogP contribution < -0.4 is 15.5 Å². The SMILES string of the molecule is CN(C)Cc1cc(Nc2ncc(-c3ccnc4c3ccn4C)c3c2C(=O)NC3)ccc1N1CCC(O)CC1. The van der Waals surface area contributed by atoms with Crippen LogP contribution in [0.5, 0.6) is 0 Å². The number of hydrogen-bond donors (Lipinski definition) is 3. The average molecular weight is 512 g/mol. The third kappa shape index (κ3) is 4.37. The minimum Gasteiger partial charge on any atom is -0.393 e. The molecule has 2 aliphatic rings. The number of benzene rings is 1. The third-order valence-electron chi connectivity index (χ3n) is 7.53. The Morgan fingerprint density at radius 3 is 2.74 bits per heavy atom. The first-order valence-electron chi connectivity index (χ1n) is 13.1. The van der Waals surface area contributed by atoms with Gasteiger partial charge in [-0.15, -0.1) is 0 Å². The molecule has 3 aromatic heterocycles. The summed E-state index contributed by atoms with van der Waals surface area (Å²) in [6, 6.07) is 10.4. The zero-order valence-corrected chi connectivity index (χ0v) is 22.0. The second kappa shape index (κ2) is 9.74. The van der Waals surface area contributed by atoms with Crippen LogP contribution in [0.4, 0.5) is 17.2 Å². The van der Waals surface area contributed by atoms with E-state index in [1.54, 1.807) is 6.20 Å². The van der Waals surface area contributed by atoms with E-state index in [2.05, 4.69) is 57.7 Å². The Labute approximate surface area is 222 Å². The number of piperidine rings is 1. The maximum absolute atomic E-state index is 13.0. The van der Waals surface area contributed by atoms with Gasteiger partial charge in [-0.25, -0.2) is 9.97 Å². The van der Waals surface area contributed by atoms with E-state index in [0.29, 0.717) is 17.9 Å². The van der Waals surface area contributed by atoms with Crippen molar-refractivity contribution in [2.24, 2.45) is 7.05 Å². The number of aromatic nitrogens is 3. The Bertz CT molecular complexity index is 1520. The molecule has 0 radical (unpaired) electrons. The van der Waals surface area contributed by atoms with Crippen LogP contribution in [0.2, 0.25) is 0 Å². The molecule has 9 nitrogen and oxygen atoms in total. The van der Waals surface area contributed by atoms with Crippen LogP contribution in [0.15, 0.2) is 48.9 Å². The summed E-state index contributed by atoms with van der Waals surface area (Å²) in [6.07, 6.45) is 7.01. The van der Waals surface area contributed by atoms with Crippen LogP contribution in [0.25, 0.3) is 22.2 Å². The van der Waals surface area contributed by atoms with Crippen LogP contribution in [-0.4, -0.2) is 63.7 Å². The number of pyridine rings is 2. The van der Waals surface area contributed by atoms with E-state index in [1.165, 1.54) is 11.3 Å². The summed E-state index contributed by atoms with van der Waals surface area (Å²) in [4.78, 5) is 26.8. The van der Waals surface area contributed by atoms with E-state index in [0.717, 1.165) is 65.9 Å². The van der Waals surface area contributed by atoms with Gasteiger partial charge >= 0.3 is 0 Å². The lowest BCUT2D eigenvalue weighted by molar-refractivity contribution is 0.0966. The number of anilines is 3. The summed E-state index contributed by atoms with van der Waals surface area (Å²) < 4.78 is 1.99. The van der Waals surface area contributed by atoms with E-state index in [1.807, 2.05) is 36.1 Å². The number of aliphatic hydroxyl groups is 1. The fourth-order valence-electron chi connectivity index (χ4n) is 5.64. The zero-order valence-electron chi connectivity index (χ0n) is 22.0. The van der Waals surface area contributed by atoms with Gasteiger partial charge in [0.1, 0.15) is 11.5 Å². The number of nitrogens with one attached hydrogen (secondary N) is 2. The highest BCUT2D eigenvalue weighted by Gasteiger charge is 2.28. The molecule has 5 heterocycles. The molecule has 4 aromatic rings. The molecule has 0 unspecified atom stereocenters. The Kier molecular flexibility index (Phi) is 6.25. The van der Waals surface area contributed by atoms with Crippen LogP contribution in [-0.2, 0) is 20.1 Å². The molecule has 6 rings (SSSR count).